The van der Waals surface area contributed by atoms with Gasteiger partial charge in [-0.05, 0) is 25.0 Å². The van der Waals surface area contributed by atoms with Gasteiger partial charge in [0, 0.05) is 25.2 Å². The van der Waals surface area contributed by atoms with Gasteiger partial charge in [-0.15, -0.1) is 0 Å². The quantitative estimate of drug-likeness (QED) is 0.683. The number of carboxylic acids is 1. The van der Waals surface area contributed by atoms with E-state index in [1.807, 2.05) is 16.8 Å². The Morgan fingerprint density at radius 3 is 2.83 bits per heavy atom. The number of aromatic nitrogens is 1. The van der Waals surface area contributed by atoms with E-state index in [9.17, 15) is 9.59 Å². The number of amides is 1. The van der Waals surface area contributed by atoms with Crippen molar-refractivity contribution in [1.82, 2.24) is 9.88 Å². The van der Waals surface area contributed by atoms with E-state index in [0.29, 0.717) is 11.7 Å². The summed E-state index contributed by atoms with van der Waals surface area (Å²) in [6.07, 6.45) is 2.63. The fraction of sp³-hybridized carbons (Fsp3) is 0.500. The van der Waals surface area contributed by atoms with E-state index in [4.69, 9.17) is 10.2 Å². The highest BCUT2D eigenvalue weighted by molar-refractivity contribution is 5.92. The number of hydrogen-bond donors (Lipinski definition) is 3. The fourth-order valence-electron chi connectivity index (χ4n) is 1.79. The van der Waals surface area contributed by atoms with Gasteiger partial charge in [0.1, 0.15) is 5.69 Å². The Kier molecular flexibility index (Phi) is 3.66. The minimum Gasteiger partial charge on any atom is -0.479 e. The zero-order valence-electron chi connectivity index (χ0n) is 9.87. The standard InChI is InChI=1S/C12H16N2O4/c15-10(12(17)18)5-6-13-11(16)9-2-1-7-14(9)8-3-4-8/h1-2,7-8,10,15H,3-6H2,(H,13,16)(H,17,18)/t10-/m0/s1. The summed E-state index contributed by atoms with van der Waals surface area (Å²) in [7, 11) is 0. The first-order valence-electron chi connectivity index (χ1n) is 5.95. The number of hydrogen-bond acceptors (Lipinski definition) is 3. The Hall–Kier alpha value is -1.82. The summed E-state index contributed by atoms with van der Waals surface area (Å²) in [4.78, 5) is 22.2. The van der Waals surface area contributed by atoms with Crippen LogP contribution in [0.1, 0.15) is 35.8 Å². The number of carboxylic acid groups (broad SMARTS) is 1. The van der Waals surface area contributed by atoms with Crippen molar-refractivity contribution < 1.29 is 19.8 Å². The molecule has 1 aliphatic carbocycles. The molecule has 1 atom stereocenters. The van der Waals surface area contributed by atoms with E-state index in [0.717, 1.165) is 12.8 Å². The van der Waals surface area contributed by atoms with Crippen LogP contribution >= 0.6 is 0 Å². The molecule has 0 radical (unpaired) electrons. The Bertz CT molecular complexity index is 451. The molecule has 98 valence electrons. The van der Waals surface area contributed by atoms with Crippen LogP contribution in [-0.2, 0) is 4.79 Å². The lowest BCUT2D eigenvalue weighted by molar-refractivity contribution is -0.146. The van der Waals surface area contributed by atoms with Gasteiger partial charge in [0.15, 0.2) is 6.10 Å². The largest absolute Gasteiger partial charge is 0.479 e. The molecule has 3 N–H and O–H groups in total. The third kappa shape index (κ3) is 2.89. The van der Waals surface area contributed by atoms with Gasteiger partial charge in [0.05, 0.1) is 0 Å². The molecular formula is C12H16N2O4. The highest BCUT2D eigenvalue weighted by Gasteiger charge is 2.26. The van der Waals surface area contributed by atoms with Gasteiger partial charge in [0.25, 0.3) is 5.91 Å². The van der Waals surface area contributed by atoms with Crippen molar-refractivity contribution in [2.45, 2.75) is 31.4 Å². The molecule has 0 spiro atoms. The molecule has 6 nitrogen and oxygen atoms in total. The lowest BCUT2D eigenvalue weighted by atomic mass is 10.2. The van der Waals surface area contributed by atoms with E-state index < -0.39 is 12.1 Å². The predicted octanol–water partition coefficient (Wildman–Crippen LogP) is 0.388. The maximum absolute atomic E-state index is 11.8. The van der Waals surface area contributed by atoms with Crippen molar-refractivity contribution in [3.05, 3.63) is 24.0 Å². The summed E-state index contributed by atoms with van der Waals surface area (Å²) < 4.78 is 1.93. The third-order valence-corrected chi connectivity index (χ3v) is 2.94. The SMILES string of the molecule is O=C(NCC[C@H](O)C(=O)O)c1cccn1C1CC1. The second kappa shape index (κ2) is 5.22. The van der Waals surface area contributed by atoms with Crippen molar-refractivity contribution >= 4 is 11.9 Å². The van der Waals surface area contributed by atoms with Crippen LogP contribution in [0.2, 0.25) is 0 Å². The highest BCUT2D eigenvalue weighted by Crippen LogP contribution is 2.35. The minimum atomic E-state index is -1.43. The third-order valence-electron chi connectivity index (χ3n) is 2.94. The second-order valence-corrected chi connectivity index (χ2v) is 4.43. The average molecular weight is 252 g/mol. The van der Waals surface area contributed by atoms with Crippen LogP contribution in [-0.4, -0.2) is 39.3 Å². The summed E-state index contributed by atoms with van der Waals surface area (Å²) in [6, 6.07) is 3.98. The average Bonchev–Trinajstić information content (AvgIpc) is 3.06. The predicted molar refractivity (Wildman–Crippen MR) is 63.3 cm³/mol. The maximum Gasteiger partial charge on any atom is 0.332 e. The molecule has 1 aromatic heterocycles. The Morgan fingerprint density at radius 2 is 2.22 bits per heavy atom. The van der Waals surface area contributed by atoms with Gasteiger partial charge in [-0.1, -0.05) is 0 Å². The molecule has 18 heavy (non-hydrogen) atoms. The Morgan fingerprint density at radius 1 is 1.50 bits per heavy atom. The van der Waals surface area contributed by atoms with Gasteiger partial charge in [0.2, 0.25) is 0 Å². The van der Waals surface area contributed by atoms with Crippen molar-refractivity contribution in [3.8, 4) is 0 Å². The Balaban J connectivity index is 1.84. The topological polar surface area (TPSA) is 91.6 Å². The molecule has 0 bridgehead atoms. The van der Waals surface area contributed by atoms with Crippen molar-refractivity contribution in [3.63, 3.8) is 0 Å². The summed E-state index contributed by atoms with van der Waals surface area (Å²) in [5.74, 6) is -1.50. The molecule has 1 heterocycles. The molecule has 1 aliphatic rings. The lowest BCUT2D eigenvalue weighted by Crippen LogP contribution is -2.31. The van der Waals surface area contributed by atoms with Gasteiger partial charge in [-0.2, -0.15) is 0 Å². The molecule has 0 saturated heterocycles. The summed E-state index contributed by atoms with van der Waals surface area (Å²) in [5.41, 5.74) is 0.585. The fourth-order valence-corrected chi connectivity index (χ4v) is 1.79. The minimum absolute atomic E-state index is 0.00517. The van der Waals surface area contributed by atoms with Crippen LogP contribution in [0.5, 0.6) is 0 Å². The smallest absolute Gasteiger partial charge is 0.332 e. The van der Waals surface area contributed by atoms with Gasteiger partial charge in [-0.25, -0.2) is 4.79 Å². The maximum atomic E-state index is 11.8. The normalized spacial score (nSPS) is 16.3. The molecular weight excluding hydrogens is 236 g/mol. The van der Waals surface area contributed by atoms with E-state index in [2.05, 4.69) is 5.32 Å². The summed E-state index contributed by atoms with van der Waals surface area (Å²) >= 11 is 0. The zero-order valence-corrected chi connectivity index (χ0v) is 9.87. The van der Waals surface area contributed by atoms with E-state index >= 15 is 0 Å². The van der Waals surface area contributed by atoms with Gasteiger partial charge in [-0.3, -0.25) is 4.79 Å². The molecule has 1 saturated carbocycles. The monoisotopic (exact) mass is 252 g/mol. The molecule has 0 aromatic carbocycles. The van der Waals surface area contributed by atoms with E-state index in [1.54, 1.807) is 6.07 Å². The number of carbonyl (C=O) groups excluding carboxylic acids is 1. The van der Waals surface area contributed by atoms with E-state index in [1.165, 1.54) is 0 Å². The molecule has 2 rings (SSSR count). The molecule has 6 heteroatoms. The van der Waals surface area contributed by atoms with Crippen LogP contribution in [0.3, 0.4) is 0 Å². The van der Waals surface area contributed by atoms with E-state index in [-0.39, 0.29) is 18.9 Å². The number of aliphatic hydroxyl groups excluding tert-OH is 1. The first-order valence-corrected chi connectivity index (χ1v) is 5.95. The summed E-state index contributed by atoms with van der Waals surface area (Å²) in [6.45, 7) is 0.141. The van der Waals surface area contributed by atoms with Crippen LogP contribution in [0.15, 0.2) is 18.3 Å². The number of carbonyl (C=O) groups is 2. The number of aliphatic carboxylic acids is 1. The summed E-state index contributed by atoms with van der Waals surface area (Å²) in [5, 5.41) is 20.2. The van der Waals surface area contributed by atoms with Crippen LogP contribution < -0.4 is 5.32 Å². The van der Waals surface area contributed by atoms with Crippen LogP contribution in [0.25, 0.3) is 0 Å². The molecule has 0 aliphatic heterocycles. The highest BCUT2D eigenvalue weighted by atomic mass is 16.4. The second-order valence-electron chi connectivity index (χ2n) is 4.43. The van der Waals surface area contributed by atoms with Crippen LogP contribution in [0, 0.1) is 0 Å². The van der Waals surface area contributed by atoms with Crippen molar-refractivity contribution in [2.75, 3.05) is 6.54 Å². The van der Waals surface area contributed by atoms with Crippen molar-refractivity contribution in [1.29, 1.82) is 0 Å². The molecule has 1 aromatic rings. The molecule has 1 amide bonds. The van der Waals surface area contributed by atoms with Crippen LogP contribution in [0.4, 0.5) is 0 Å². The number of aliphatic hydroxyl groups is 1. The van der Waals surface area contributed by atoms with Gasteiger partial charge >= 0.3 is 5.97 Å². The number of nitrogens with one attached hydrogen (secondary N) is 1. The first kappa shape index (κ1) is 12.6. The van der Waals surface area contributed by atoms with Crippen molar-refractivity contribution in [2.24, 2.45) is 0 Å². The first-order chi connectivity index (χ1) is 8.59. The number of nitrogens with zero attached hydrogens (tertiary/aromatic N) is 1. The number of rotatable bonds is 6. The van der Waals surface area contributed by atoms with Gasteiger partial charge < -0.3 is 20.1 Å². The lowest BCUT2D eigenvalue weighted by Gasteiger charge is -2.09. The molecule has 1 fully saturated rings. The molecule has 0 unspecified atom stereocenters. The Labute approximate surface area is 104 Å². The zero-order chi connectivity index (χ0) is 13.1.